The fourth-order valence-electron chi connectivity index (χ4n) is 1.40. The lowest BCUT2D eigenvalue weighted by molar-refractivity contribution is 0.249. The van der Waals surface area contributed by atoms with Gasteiger partial charge in [-0.3, -0.25) is 0 Å². The highest BCUT2D eigenvalue weighted by Crippen LogP contribution is 2.29. The first-order valence-electron chi connectivity index (χ1n) is 5.84. The molecule has 0 fully saturated rings. The van der Waals surface area contributed by atoms with Gasteiger partial charge in [-0.25, -0.2) is 0 Å². The molecule has 0 saturated heterocycles. The third-order valence-electron chi connectivity index (χ3n) is 2.70. The second-order valence-electron chi connectivity index (χ2n) is 4.74. The highest BCUT2D eigenvalue weighted by atomic mass is 16.5. The topological polar surface area (TPSA) is 62.5 Å². The number of hydrogen-bond donors (Lipinski definition) is 1. The van der Waals surface area contributed by atoms with Gasteiger partial charge < -0.3 is 14.6 Å². The number of aliphatic hydroxyl groups excluding tert-OH is 1. The summed E-state index contributed by atoms with van der Waals surface area (Å²) >= 11 is 0. The van der Waals surface area contributed by atoms with Crippen LogP contribution in [0.4, 0.5) is 0 Å². The van der Waals surface area contributed by atoms with E-state index in [1.54, 1.807) is 25.3 Å². The largest absolute Gasteiger partial charge is 0.493 e. The van der Waals surface area contributed by atoms with Crippen LogP contribution < -0.4 is 9.47 Å². The zero-order chi connectivity index (χ0) is 13.6. The molecule has 0 saturated carbocycles. The molecule has 4 heteroatoms. The number of methoxy groups -OCH3 is 1. The van der Waals surface area contributed by atoms with Crippen molar-refractivity contribution in [3.63, 3.8) is 0 Å². The molecule has 0 bridgehead atoms. The van der Waals surface area contributed by atoms with Crippen molar-refractivity contribution in [2.24, 2.45) is 5.41 Å². The molecule has 1 aromatic rings. The summed E-state index contributed by atoms with van der Waals surface area (Å²) in [5.41, 5.74) is 0.368. The summed E-state index contributed by atoms with van der Waals surface area (Å²) in [6.07, 6.45) is 0.635. The Hall–Kier alpha value is -1.73. The molecule has 0 aliphatic carbocycles. The number of nitriles is 1. The van der Waals surface area contributed by atoms with Gasteiger partial charge in [-0.15, -0.1) is 0 Å². The summed E-state index contributed by atoms with van der Waals surface area (Å²) in [6.45, 7) is 4.14. The molecule has 0 atom stereocenters. The molecule has 0 aliphatic heterocycles. The van der Waals surface area contributed by atoms with Crippen LogP contribution in [0.25, 0.3) is 0 Å². The van der Waals surface area contributed by atoms with Crippen molar-refractivity contribution in [3.05, 3.63) is 23.8 Å². The van der Waals surface area contributed by atoms with Crippen LogP contribution in [0.2, 0.25) is 0 Å². The summed E-state index contributed by atoms with van der Waals surface area (Å²) in [4.78, 5) is 0. The second kappa shape index (κ2) is 6.27. The minimum absolute atomic E-state index is 0.0377. The van der Waals surface area contributed by atoms with Gasteiger partial charge in [0, 0.05) is 0 Å². The van der Waals surface area contributed by atoms with E-state index in [0.29, 0.717) is 24.5 Å². The van der Waals surface area contributed by atoms with Crippen molar-refractivity contribution in [2.75, 3.05) is 13.7 Å². The summed E-state index contributed by atoms with van der Waals surface area (Å²) in [7, 11) is 1.57. The lowest BCUT2D eigenvalue weighted by Gasteiger charge is -2.16. The molecule has 0 aromatic heterocycles. The van der Waals surface area contributed by atoms with Gasteiger partial charge in [0.05, 0.1) is 31.8 Å². The standard InChI is InChI=1S/C14H19NO3/c1-14(2,10-15)6-7-18-13-8-11(9-16)4-5-12(13)17-3/h4-5,8,16H,6-7,9H2,1-3H3. The van der Waals surface area contributed by atoms with Crippen LogP contribution in [0, 0.1) is 16.7 Å². The lowest BCUT2D eigenvalue weighted by Crippen LogP contribution is -2.13. The third kappa shape index (κ3) is 3.94. The van der Waals surface area contributed by atoms with Crippen molar-refractivity contribution in [2.45, 2.75) is 26.9 Å². The normalized spacial score (nSPS) is 10.8. The van der Waals surface area contributed by atoms with Crippen molar-refractivity contribution in [3.8, 4) is 17.6 Å². The van der Waals surface area contributed by atoms with Crippen LogP contribution in [0.3, 0.4) is 0 Å². The van der Waals surface area contributed by atoms with Gasteiger partial charge >= 0.3 is 0 Å². The molecular weight excluding hydrogens is 230 g/mol. The van der Waals surface area contributed by atoms with Gasteiger partial charge in [-0.05, 0) is 38.0 Å². The molecule has 0 radical (unpaired) electrons. The average molecular weight is 249 g/mol. The van der Waals surface area contributed by atoms with Crippen LogP contribution >= 0.6 is 0 Å². The maximum absolute atomic E-state index is 9.08. The molecule has 1 rings (SSSR count). The fourth-order valence-corrected chi connectivity index (χ4v) is 1.40. The Balaban J connectivity index is 2.69. The number of ether oxygens (including phenoxy) is 2. The van der Waals surface area contributed by atoms with E-state index in [9.17, 15) is 0 Å². The number of hydrogen-bond acceptors (Lipinski definition) is 4. The Morgan fingerprint density at radius 2 is 2.06 bits per heavy atom. The SMILES string of the molecule is COc1ccc(CO)cc1OCCC(C)(C)C#N. The first-order chi connectivity index (χ1) is 8.52. The molecule has 0 spiro atoms. The molecule has 98 valence electrons. The molecule has 0 amide bonds. The van der Waals surface area contributed by atoms with Gasteiger partial charge in [-0.2, -0.15) is 5.26 Å². The van der Waals surface area contributed by atoms with E-state index in [1.807, 2.05) is 13.8 Å². The molecule has 1 N–H and O–H groups in total. The predicted molar refractivity (Wildman–Crippen MR) is 68.4 cm³/mol. The Morgan fingerprint density at radius 1 is 1.33 bits per heavy atom. The van der Waals surface area contributed by atoms with Crippen LogP contribution in [-0.4, -0.2) is 18.8 Å². The second-order valence-corrected chi connectivity index (χ2v) is 4.74. The summed E-state index contributed by atoms with van der Waals surface area (Å²) in [6, 6.07) is 7.52. The average Bonchev–Trinajstić information content (AvgIpc) is 2.38. The van der Waals surface area contributed by atoms with E-state index in [1.165, 1.54) is 0 Å². The van der Waals surface area contributed by atoms with Crippen molar-refractivity contribution in [1.29, 1.82) is 5.26 Å². The Labute approximate surface area is 108 Å². The first kappa shape index (κ1) is 14.3. The molecule has 0 heterocycles. The van der Waals surface area contributed by atoms with Crippen molar-refractivity contribution < 1.29 is 14.6 Å². The molecule has 0 aliphatic rings. The van der Waals surface area contributed by atoms with Gasteiger partial charge in [-0.1, -0.05) is 6.07 Å². The van der Waals surface area contributed by atoms with Crippen LogP contribution in [-0.2, 0) is 6.61 Å². The Morgan fingerprint density at radius 3 is 2.61 bits per heavy atom. The monoisotopic (exact) mass is 249 g/mol. The van der Waals surface area contributed by atoms with E-state index in [-0.39, 0.29) is 6.61 Å². The maximum Gasteiger partial charge on any atom is 0.161 e. The summed E-state index contributed by atoms with van der Waals surface area (Å²) in [5.74, 6) is 1.22. The third-order valence-corrected chi connectivity index (χ3v) is 2.70. The van der Waals surface area contributed by atoms with Crippen LogP contribution in [0.1, 0.15) is 25.8 Å². The maximum atomic E-state index is 9.08. The minimum atomic E-state index is -0.401. The van der Waals surface area contributed by atoms with E-state index in [4.69, 9.17) is 19.8 Å². The molecule has 18 heavy (non-hydrogen) atoms. The highest BCUT2D eigenvalue weighted by Gasteiger charge is 2.17. The van der Waals surface area contributed by atoms with E-state index < -0.39 is 5.41 Å². The van der Waals surface area contributed by atoms with Crippen molar-refractivity contribution >= 4 is 0 Å². The van der Waals surface area contributed by atoms with Gasteiger partial charge in [0.25, 0.3) is 0 Å². The molecule has 0 unspecified atom stereocenters. The van der Waals surface area contributed by atoms with Gasteiger partial charge in [0.2, 0.25) is 0 Å². The van der Waals surface area contributed by atoms with Gasteiger partial charge in [0.1, 0.15) is 0 Å². The van der Waals surface area contributed by atoms with E-state index in [2.05, 4.69) is 6.07 Å². The minimum Gasteiger partial charge on any atom is -0.493 e. The number of rotatable bonds is 6. The van der Waals surface area contributed by atoms with E-state index >= 15 is 0 Å². The predicted octanol–water partition coefficient (Wildman–Crippen LogP) is 2.51. The quantitative estimate of drug-likeness (QED) is 0.841. The summed E-state index contributed by atoms with van der Waals surface area (Å²) in [5, 5.41) is 18.0. The molecule has 4 nitrogen and oxygen atoms in total. The number of benzene rings is 1. The molecule has 1 aromatic carbocycles. The van der Waals surface area contributed by atoms with Crippen molar-refractivity contribution in [1.82, 2.24) is 0 Å². The summed E-state index contributed by atoms with van der Waals surface area (Å²) < 4.78 is 10.8. The zero-order valence-electron chi connectivity index (χ0n) is 11.1. The zero-order valence-corrected chi connectivity index (χ0v) is 11.1. The smallest absolute Gasteiger partial charge is 0.161 e. The number of nitrogens with zero attached hydrogens (tertiary/aromatic N) is 1. The Bertz CT molecular complexity index is 435. The van der Waals surface area contributed by atoms with Crippen LogP contribution in [0.15, 0.2) is 18.2 Å². The number of aliphatic hydroxyl groups is 1. The molecular formula is C14H19NO3. The highest BCUT2D eigenvalue weighted by molar-refractivity contribution is 5.42. The lowest BCUT2D eigenvalue weighted by atomic mass is 9.92. The Kier molecular flexibility index (Phi) is 4.99. The van der Waals surface area contributed by atoms with Gasteiger partial charge in [0.15, 0.2) is 11.5 Å². The van der Waals surface area contributed by atoms with E-state index in [0.717, 1.165) is 5.56 Å². The fraction of sp³-hybridized carbons (Fsp3) is 0.500. The first-order valence-corrected chi connectivity index (χ1v) is 5.84. The van der Waals surface area contributed by atoms with Crippen LogP contribution in [0.5, 0.6) is 11.5 Å².